The molecule has 0 aliphatic carbocycles. The summed E-state index contributed by atoms with van der Waals surface area (Å²) >= 11 is 0. The van der Waals surface area contributed by atoms with Gasteiger partial charge in [0.25, 0.3) is 0 Å². The lowest BCUT2D eigenvalue weighted by Crippen LogP contribution is -2.08. The van der Waals surface area contributed by atoms with Crippen LogP contribution in [0.25, 0.3) is 10.9 Å². The van der Waals surface area contributed by atoms with Gasteiger partial charge >= 0.3 is 0 Å². The maximum Gasteiger partial charge on any atom is 0.127 e. The average Bonchev–Trinajstić information content (AvgIpc) is 2.54. The lowest BCUT2D eigenvalue weighted by molar-refractivity contribution is 0.315. The van der Waals surface area contributed by atoms with Crippen molar-refractivity contribution >= 4 is 22.4 Å². The van der Waals surface area contributed by atoms with Crippen molar-refractivity contribution < 1.29 is 4.74 Å². The third-order valence-electron chi connectivity index (χ3n) is 3.25. The topological polar surface area (TPSA) is 73.1 Å². The molecule has 3 rings (SSSR count). The van der Waals surface area contributed by atoms with E-state index in [-0.39, 0.29) is 0 Å². The second kappa shape index (κ2) is 6.76. The van der Waals surface area contributed by atoms with Gasteiger partial charge in [0.2, 0.25) is 0 Å². The molecule has 22 heavy (non-hydrogen) atoms. The normalized spacial score (nSPS) is 10.5. The predicted molar refractivity (Wildman–Crippen MR) is 89.0 cm³/mol. The first kappa shape index (κ1) is 14.1. The van der Waals surface area contributed by atoms with E-state index >= 15 is 0 Å². The summed E-state index contributed by atoms with van der Waals surface area (Å²) in [6, 6.07) is 13.5. The Labute approximate surface area is 129 Å². The van der Waals surface area contributed by atoms with Gasteiger partial charge in [-0.2, -0.15) is 0 Å². The molecule has 0 fully saturated rings. The molecular formula is C17H18N4O. The highest BCUT2D eigenvalue weighted by Gasteiger charge is 1.98. The molecule has 0 radical (unpaired) electrons. The summed E-state index contributed by atoms with van der Waals surface area (Å²) in [4.78, 5) is 8.48. The monoisotopic (exact) mass is 294 g/mol. The second-order valence-corrected chi connectivity index (χ2v) is 4.96. The molecule has 2 aromatic heterocycles. The van der Waals surface area contributed by atoms with Crippen LogP contribution in [0, 0.1) is 0 Å². The van der Waals surface area contributed by atoms with Crippen LogP contribution in [-0.4, -0.2) is 23.1 Å². The molecule has 0 spiro atoms. The fourth-order valence-corrected chi connectivity index (χ4v) is 2.17. The van der Waals surface area contributed by atoms with Crippen molar-refractivity contribution in [1.82, 2.24) is 9.97 Å². The van der Waals surface area contributed by atoms with Crippen molar-refractivity contribution in [2.24, 2.45) is 0 Å². The summed E-state index contributed by atoms with van der Waals surface area (Å²) in [6.07, 6.45) is 4.36. The van der Waals surface area contributed by atoms with Gasteiger partial charge in [-0.05, 0) is 36.8 Å². The summed E-state index contributed by atoms with van der Waals surface area (Å²) in [5.74, 6) is 1.65. The molecule has 1 aromatic carbocycles. The maximum absolute atomic E-state index is 5.76. The number of nitrogen functional groups attached to an aromatic ring is 1. The van der Waals surface area contributed by atoms with E-state index in [0.29, 0.717) is 12.3 Å². The van der Waals surface area contributed by atoms with Gasteiger partial charge in [-0.25, -0.2) is 4.98 Å². The molecule has 112 valence electrons. The van der Waals surface area contributed by atoms with Gasteiger partial charge in [-0.1, -0.05) is 6.07 Å². The zero-order valence-electron chi connectivity index (χ0n) is 12.2. The zero-order valence-corrected chi connectivity index (χ0v) is 12.2. The highest BCUT2D eigenvalue weighted by atomic mass is 16.5. The molecule has 0 aliphatic heterocycles. The number of ether oxygens (including phenoxy) is 1. The Hall–Kier alpha value is -2.82. The molecule has 0 saturated carbocycles. The molecule has 3 N–H and O–H groups in total. The number of nitrogens with two attached hydrogens (primary N) is 1. The molecule has 3 aromatic rings. The van der Waals surface area contributed by atoms with E-state index in [1.807, 2.05) is 36.4 Å². The van der Waals surface area contributed by atoms with Gasteiger partial charge in [0.15, 0.2) is 0 Å². The molecule has 5 nitrogen and oxygen atoms in total. The van der Waals surface area contributed by atoms with Gasteiger partial charge in [0, 0.05) is 36.1 Å². The van der Waals surface area contributed by atoms with Crippen molar-refractivity contribution in [2.75, 3.05) is 24.2 Å². The predicted octanol–water partition coefficient (Wildman–Crippen LogP) is 3.09. The van der Waals surface area contributed by atoms with Crippen LogP contribution in [0.1, 0.15) is 6.42 Å². The number of hydrogen-bond acceptors (Lipinski definition) is 5. The minimum Gasteiger partial charge on any atom is -0.494 e. The number of nitrogens with one attached hydrogen (secondary N) is 1. The van der Waals surface area contributed by atoms with Gasteiger partial charge in [0.1, 0.15) is 11.6 Å². The Bertz CT molecular complexity index is 760. The largest absolute Gasteiger partial charge is 0.494 e. The van der Waals surface area contributed by atoms with Crippen molar-refractivity contribution in [3.05, 3.63) is 54.9 Å². The summed E-state index contributed by atoms with van der Waals surface area (Å²) in [7, 11) is 0. The van der Waals surface area contributed by atoms with E-state index in [1.165, 1.54) is 0 Å². The second-order valence-electron chi connectivity index (χ2n) is 4.96. The molecular weight excluding hydrogens is 276 g/mol. The van der Waals surface area contributed by atoms with Crippen LogP contribution in [0.2, 0.25) is 0 Å². The first-order valence-electron chi connectivity index (χ1n) is 7.24. The Morgan fingerprint density at radius 2 is 2.00 bits per heavy atom. The Morgan fingerprint density at radius 3 is 2.91 bits per heavy atom. The van der Waals surface area contributed by atoms with E-state index in [1.54, 1.807) is 18.5 Å². The molecule has 5 heteroatoms. The molecule has 0 bridgehead atoms. The van der Waals surface area contributed by atoms with E-state index in [0.717, 1.165) is 35.4 Å². The standard InChI is InChI=1S/C17H18N4O/c18-14-6-9-21-17(12-14)20-8-2-10-22-15-4-5-16-13(11-15)3-1-7-19-16/h1,3-7,9,11-12H,2,8,10H2,(H3,18,20,21). The number of fused-ring (bicyclic) bond motifs is 1. The van der Waals surface area contributed by atoms with E-state index in [4.69, 9.17) is 10.5 Å². The number of pyridine rings is 2. The lowest BCUT2D eigenvalue weighted by atomic mass is 10.2. The number of nitrogens with zero attached hydrogens (tertiary/aromatic N) is 2. The third kappa shape index (κ3) is 3.63. The number of hydrogen-bond donors (Lipinski definition) is 2. The zero-order chi connectivity index (χ0) is 15.2. The fourth-order valence-electron chi connectivity index (χ4n) is 2.17. The molecule has 0 unspecified atom stereocenters. The third-order valence-corrected chi connectivity index (χ3v) is 3.25. The minimum absolute atomic E-state index is 0.640. The number of rotatable bonds is 6. The van der Waals surface area contributed by atoms with Crippen molar-refractivity contribution in [3.8, 4) is 5.75 Å². The average molecular weight is 294 g/mol. The first-order chi connectivity index (χ1) is 10.8. The Kier molecular flexibility index (Phi) is 4.34. The van der Waals surface area contributed by atoms with Crippen LogP contribution >= 0.6 is 0 Å². The molecule has 2 heterocycles. The summed E-state index contributed by atoms with van der Waals surface area (Å²) in [6.45, 7) is 1.42. The van der Waals surface area contributed by atoms with Crippen LogP contribution in [0.15, 0.2) is 54.9 Å². The van der Waals surface area contributed by atoms with Crippen LogP contribution in [-0.2, 0) is 0 Å². The minimum atomic E-state index is 0.640. The van der Waals surface area contributed by atoms with Crippen molar-refractivity contribution in [3.63, 3.8) is 0 Å². The Morgan fingerprint density at radius 1 is 1.05 bits per heavy atom. The van der Waals surface area contributed by atoms with Crippen LogP contribution < -0.4 is 15.8 Å². The van der Waals surface area contributed by atoms with Gasteiger partial charge in [-0.15, -0.1) is 0 Å². The quantitative estimate of drug-likeness (QED) is 0.683. The molecule has 0 amide bonds. The number of aromatic nitrogens is 2. The van der Waals surface area contributed by atoms with Crippen LogP contribution in [0.3, 0.4) is 0 Å². The lowest BCUT2D eigenvalue weighted by Gasteiger charge is -2.08. The summed E-state index contributed by atoms with van der Waals surface area (Å²) < 4.78 is 5.76. The van der Waals surface area contributed by atoms with Crippen molar-refractivity contribution in [2.45, 2.75) is 6.42 Å². The number of anilines is 2. The first-order valence-corrected chi connectivity index (χ1v) is 7.24. The van der Waals surface area contributed by atoms with E-state index in [2.05, 4.69) is 15.3 Å². The molecule has 0 atom stereocenters. The SMILES string of the molecule is Nc1ccnc(NCCCOc2ccc3ncccc3c2)c1. The number of benzene rings is 1. The van der Waals surface area contributed by atoms with Crippen LogP contribution in [0.5, 0.6) is 5.75 Å². The van der Waals surface area contributed by atoms with Gasteiger partial charge in [0.05, 0.1) is 12.1 Å². The highest BCUT2D eigenvalue weighted by Crippen LogP contribution is 2.19. The van der Waals surface area contributed by atoms with Crippen molar-refractivity contribution in [1.29, 1.82) is 0 Å². The maximum atomic E-state index is 5.76. The summed E-state index contributed by atoms with van der Waals surface area (Å²) in [5, 5.41) is 4.31. The summed E-state index contributed by atoms with van der Waals surface area (Å²) in [5.41, 5.74) is 7.38. The van der Waals surface area contributed by atoms with Crippen LogP contribution in [0.4, 0.5) is 11.5 Å². The van der Waals surface area contributed by atoms with Gasteiger partial charge in [-0.3, -0.25) is 4.98 Å². The smallest absolute Gasteiger partial charge is 0.127 e. The fraction of sp³-hybridized carbons (Fsp3) is 0.176. The Balaban J connectivity index is 1.46. The highest BCUT2D eigenvalue weighted by molar-refractivity contribution is 5.79. The van der Waals surface area contributed by atoms with E-state index < -0.39 is 0 Å². The molecule has 0 saturated heterocycles. The van der Waals surface area contributed by atoms with Gasteiger partial charge < -0.3 is 15.8 Å². The molecule has 0 aliphatic rings. The van der Waals surface area contributed by atoms with E-state index in [9.17, 15) is 0 Å².